The lowest BCUT2D eigenvalue weighted by Gasteiger charge is -2.30. The Balaban J connectivity index is 1.13. The predicted molar refractivity (Wildman–Crippen MR) is 207 cm³/mol. The van der Waals surface area contributed by atoms with Crippen LogP contribution in [-0.4, -0.2) is 88.2 Å². The molecule has 15 heteroatoms. The number of rotatable bonds is 3. The lowest BCUT2D eigenvalue weighted by molar-refractivity contribution is -0.141. The van der Waals surface area contributed by atoms with Crippen molar-refractivity contribution < 1.29 is 37.1 Å². The van der Waals surface area contributed by atoms with Crippen molar-refractivity contribution in [2.45, 2.75) is 151 Å². The maximum absolute atomic E-state index is 14.7. The molecule has 1 aromatic carbocycles. The van der Waals surface area contributed by atoms with Gasteiger partial charge in [0.2, 0.25) is 27.7 Å². The molecule has 3 N–H and O–H groups in total. The number of fused-ring (bicyclic) bond motifs is 6. The van der Waals surface area contributed by atoms with E-state index in [4.69, 9.17) is 19.4 Å². The Morgan fingerprint density at radius 3 is 2.48 bits per heavy atom. The minimum Gasteiger partial charge on any atom is -0.471 e. The van der Waals surface area contributed by atoms with E-state index in [0.717, 1.165) is 63.3 Å². The zero-order chi connectivity index (χ0) is 39.1. The quantitative estimate of drug-likeness (QED) is 0.367. The Bertz CT molecular complexity index is 2000. The minimum absolute atomic E-state index is 0.0258. The van der Waals surface area contributed by atoms with Gasteiger partial charge in [0.25, 0.3) is 5.91 Å². The Hall–Kier alpha value is -4.27. The van der Waals surface area contributed by atoms with Crippen LogP contribution in [0.5, 0.6) is 5.88 Å². The van der Waals surface area contributed by atoms with Crippen LogP contribution >= 0.6 is 0 Å². The molecule has 4 fully saturated rings. The number of sulfonamides is 1. The highest BCUT2D eigenvalue weighted by Gasteiger charge is 2.63. The normalized spacial score (nSPS) is 32.4. The molecule has 3 bridgehead atoms. The number of benzene rings is 1. The second kappa shape index (κ2) is 15.6. The monoisotopic (exact) mass is 790 g/mol. The fraction of sp³-hybridized carbons (Fsp3) is 0.659. The van der Waals surface area contributed by atoms with Crippen LogP contribution < -0.4 is 20.1 Å². The molecule has 7 unspecified atom stereocenters. The summed E-state index contributed by atoms with van der Waals surface area (Å²) < 4.78 is 40.3. The van der Waals surface area contributed by atoms with E-state index in [1.165, 1.54) is 4.90 Å². The van der Waals surface area contributed by atoms with Crippen LogP contribution in [0.1, 0.15) is 115 Å². The van der Waals surface area contributed by atoms with E-state index in [1.807, 2.05) is 36.4 Å². The molecule has 2 aromatic rings. The summed E-state index contributed by atoms with van der Waals surface area (Å²) in [4.78, 5) is 67.9. The molecule has 8 rings (SSSR count). The van der Waals surface area contributed by atoms with E-state index in [-0.39, 0.29) is 31.4 Å². The van der Waals surface area contributed by atoms with Gasteiger partial charge < -0.3 is 25.0 Å². The minimum atomic E-state index is -3.98. The van der Waals surface area contributed by atoms with Crippen molar-refractivity contribution in [1.82, 2.24) is 30.2 Å². The van der Waals surface area contributed by atoms with Crippen molar-refractivity contribution in [3.63, 3.8) is 0 Å². The molecule has 6 aliphatic rings. The van der Waals surface area contributed by atoms with Crippen molar-refractivity contribution in [3.8, 4) is 5.88 Å². The molecule has 4 amide bonds. The maximum atomic E-state index is 14.7. The third-order valence-electron chi connectivity index (χ3n) is 13.0. The predicted octanol–water partition coefficient (Wildman–Crippen LogP) is 4.75. The molecule has 3 aliphatic heterocycles. The molecule has 3 aliphatic carbocycles. The largest absolute Gasteiger partial charge is 0.471 e. The standard InChI is InChI=1S/C41H54N6O8S/c1-40(21-22-40)56(52,53)46-38(50)41-24-27(41)15-7-3-2-4-8-19-32-37(49)47-25-28(23-33(47)35(48)45-41)54-36-31(42-29-16-10-11-17-30(29)43-36)18-9-5-6-13-26-14-12-20-34(26)55-39(51)44-32/h7,10-11,15-17,26-28,32-34H,2-6,8-9,12-14,18-25H2,1H3,(H,44,51)(H,45,48)(H,46,50). The number of carbonyl (C=O) groups excluding carboxylic acids is 4. The third-order valence-corrected chi connectivity index (χ3v) is 15.1. The number of hydrogen-bond donors (Lipinski definition) is 3. The van der Waals surface area contributed by atoms with Crippen LogP contribution in [-0.2, 0) is 35.6 Å². The summed E-state index contributed by atoms with van der Waals surface area (Å²) in [6.45, 7) is 1.63. The number of para-hydroxylation sites is 2. The van der Waals surface area contributed by atoms with Gasteiger partial charge in [-0.2, -0.15) is 0 Å². The van der Waals surface area contributed by atoms with Gasteiger partial charge in [-0.05, 0) is 102 Å². The number of aromatic nitrogens is 2. The number of hydrogen-bond acceptors (Lipinski definition) is 10. The summed E-state index contributed by atoms with van der Waals surface area (Å²) in [7, 11) is -3.98. The van der Waals surface area contributed by atoms with Gasteiger partial charge in [-0.25, -0.2) is 23.2 Å². The Labute approximate surface area is 328 Å². The first-order valence-electron chi connectivity index (χ1n) is 20.7. The van der Waals surface area contributed by atoms with Crippen molar-refractivity contribution in [1.29, 1.82) is 0 Å². The molecule has 56 heavy (non-hydrogen) atoms. The number of aryl methyl sites for hydroxylation is 1. The van der Waals surface area contributed by atoms with Crippen LogP contribution in [0, 0.1) is 11.8 Å². The summed E-state index contributed by atoms with van der Waals surface area (Å²) in [5.41, 5.74) is 0.638. The van der Waals surface area contributed by atoms with E-state index < -0.39 is 68.2 Å². The van der Waals surface area contributed by atoms with Gasteiger partial charge in [0.1, 0.15) is 35.5 Å². The van der Waals surface area contributed by atoms with Crippen molar-refractivity contribution >= 4 is 44.9 Å². The van der Waals surface area contributed by atoms with Gasteiger partial charge in [-0.15, -0.1) is 0 Å². The SMILES string of the molecule is CC1(S(=O)(=O)NC(=O)C23CC2C=CCCCCCC2NC(=O)OC4CCCC4CCCCCc4nc5ccccc5nc4OC4CC(C(=O)N3)N(C4)C2=O)CC1. The molecule has 0 spiro atoms. The highest BCUT2D eigenvalue weighted by atomic mass is 32.2. The van der Waals surface area contributed by atoms with Crippen LogP contribution in [0.15, 0.2) is 36.4 Å². The molecule has 1 aromatic heterocycles. The fourth-order valence-corrected chi connectivity index (χ4v) is 10.4. The molecule has 7 atom stereocenters. The van der Waals surface area contributed by atoms with Gasteiger partial charge in [0.15, 0.2) is 0 Å². The van der Waals surface area contributed by atoms with Crippen molar-refractivity contribution in [2.75, 3.05) is 6.54 Å². The molecule has 4 heterocycles. The first-order chi connectivity index (χ1) is 26.9. The van der Waals surface area contributed by atoms with E-state index in [2.05, 4.69) is 15.4 Å². The molecule has 3 saturated carbocycles. The Kier molecular flexibility index (Phi) is 10.7. The van der Waals surface area contributed by atoms with Gasteiger partial charge in [0, 0.05) is 12.3 Å². The number of amides is 4. The average Bonchev–Trinajstić information content (AvgIpc) is 3.97. The lowest BCUT2D eigenvalue weighted by Crippen LogP contribution is -2.58. The number of carbonyl (C=O) groups is 4. The van der Waals surface area contributed by atoms with Gasteiger partial charge >= 0.3 is 6.09 Å². The summed E-state index contributed by atoms with van der Waals surface area (Å²) >= 11 is 0. The van der Waals surface area contributed by atoms with E-state index in [0.29, 0.717) is 55.6 Å². The molecular weight excluding hydrogens is 737 g/mol. The molecule has 0 radical (unpaired) electrons. The average molecular weight is 791 g/mol. The van der Waals surface area contributed by atoms with Crippen LogP contribution in [0.2, 0.25) is 0 Å². The second-order valence-electron chi connectivity index (χ2n) is 17.1. The lowest BCUT2D eigenvalue weighted by atomic mass is 9.97. The van der Waals surface area contributed by atoms with E-state index in [1.54, 1.807) is 6.92 Å². The summed E-state index contributed by atoms with van der Waals surface area (Å²) in [6, 6.07) is 5.56. The molecule has 1 saturated heterocycles. The fourth-order valence-electron chi connectivity index (χ4n) is 9.06. The van der Waals surface area contributed by atoms with Crippen LogP contribution in [0.25, 0.3) is 11.0 Å². The third kappa shape index (κ3) is 7.97. The van der Waals surface area contributed by atoms with Gasteiger partial charge in [-0.1, -0.05) is 50.0 Å². The topological polar surface area (TPSA) is 186 Å². The Morgan fingerprint density at radius 1 is 0.929 bits per heavy atom. The van der Waals surface area contributed by atoms with Crippen molar-refractivity contribution in [3.05, 3.63) is 42.1 Å². The Morgan fingerprint density at radius 2 is 1.68 bits per heavy atom. The van der Waals surface area contributed by atoms with Crippen LogP contribution in [0.3, 0.4) is 0 Å². The molecular formula is C41H54N6O8S. The molecule has 14 nitrogen and oxygen atoms in total. The van der Waals surface area contributed by atoms with Crippen molar-refractivity contribution in [2.24, 2.45) is 11.8 Å². The van der Waals surface area contributed by atoms with Gasteiger partial charge in [0.05, 0.1) is 22.3 Å². The maximum Gasteiger partial charge on any atom is 0.408 e. The number of ether oxygens (including phenoxy) is 2. The first kappa shape index (κ1) is 38.6. The number of alkyl carbamates (subject to hydrolysis) is 1. The number of allylic oxidation sites excluding steroid dienone is 1. The summed E-state index contributed by atoms with van der Waals surface area (Å²) in [5.74, 6) is -1.61. The van der Waals surface area contributed by atoms with E-state index >= 15 is 0 Å². The first-order valence-corrected chi connectivity index (χ1v) is 22.2. The van der Waals surface area contributed by atoms with Crippen LogP contribution in [0.4, 0.5) is 4.79 Å². The highest BCUT2D eigenvalue weighted by Crippen LogP contribution is 2.47. The zero-order valence-corrected chi connectivity index (χ0v) is 33.0. The second-order valence-corrected chi connectivity index (χ2v) is 19.3. The zero-order valence-electron chi connectivity index (χ0n) is 32.2. The highest BCUT2D eigenvalue weighted by molar-refractivity contribution is 7.91. The molecule has 302 valence electrons. The summed E-state index contributed by atoms with van der Waals surface area (Å²) in [6.07, 6.45) is 14.0. The number of nitrogens with zero attached hydrogens (tertiary/aromatic N) is 3. The summed E-state index contributed by atoms with van der Waals surface area (Å²) in [5, 5.41) is 5.82. The van der Waals surface area contributed by atoms with Gasteiger partial charge in [-0.3, -0.25) is 19.1 Å². The smallest absolute Gasteiger partial charge is 0.408 e. The van der Waals surface area contributed by atoms with E-state index in [9.17, 15) is 27.6 Å². The number of nitrogens with one attached hydrogen (secondary N) is 3.